The maximum Gasteiger partial charge on any atom is -0.108 e. The number of allylic oxidation sites excluding steroid dienone is 4. The van der Waals surface area contributed by atoms with Gasteiger partial charge in [0.05, 0.1) is 0 Å². The van der Waals surface area contributed by atoms with Crippen LogP contribution in [0.1, 0.15) is 6.92 Å². The zero-order valence-corrected chi connectivity index (χ0v) is 4.39. The Morgan fingerprint density at radius 3 is 2.14 bits per heavy atom. The molecule has 0 unspecified atom stereocenters. The molecule has 0 heteroatoms. The van der Waals surface area contributed by atoms with Crippen LogP contribution >= 0.6 is 0 Å². The van der Waals surface area contributed by atoms with Crippen molar-refractivity contribution in [2.45, 2.75) is 6.92 Å². The van der Waals surface area contributed by atoms with E-state index in [1.54, 1.807) is 0 Å². The molecular weight excluding hydrogens is 84.1 g/mol. The first-order chi connectivity index (χ1) is 3.39. The van der Waals surface area contributed by atoms with Crippen molar-refractivity contribution in [2.24, 2.45) is 0 Å². The maximum atomic E-state index is 2.08. The summed E-state index contributed by atoms with van der Waals surface area (Å²) in [5.41, 5.74) is 0. The summed E-state index contributed by atoms with van der Waals surface area (Å²) in [7, 11) is 0. The Balaban J connectivity index is 2.49. The molecule has 0 aromatic carbocycles. The molecule has 7 heavy (non-hydrogen) atoms. The summed E-state index contributed by atoms with van der Waals surface area (Å²) in [4.78, 5) is 0. The Kier molecular flexibility index (Phi) is 1.12. The average molecular weight is 92.1 g/mol. The molecule has 0 fully saturated rings. The van der Waals surface area contributed by atoms with Gasteiger partial charge in [-0.1, -0.05) is 0 Å². The van der Waals surface area contributed by atoms with Gasteiger partial charge in [0.15, 0.2) is 0 Å². The molecule has 0 aromatic heterocycles. The van der Waals surface area contributed by atoms with E-state index in [0.717, 1.165) is 0 Å². The molecule has 0 spiro atoms. The molecule has 0 N–H and O–H groups in total. The van der Waals surface area contributed by atoms with Gasteiger partial charge in [-0.05, 0) is 0 Å². The van der Waals surface area contributed by atoms with Crippen LogP contribution in [0.5, 0.6) is 0 Å². The summed E-state index contributed by atoms with van der Waals surface area (Å²) in [6.45, 7) is 2.08. The summed E-state index contributed by atoms with van der Waals surface area (Å²) in [5, 5.41) is 0. The van der Waals surface area contributed by atoms with Crippen LogP contribution in [0.2, 0.25) is 0 Å². The normalized spacial score (nSPS) is 17.0. The third kappa shape index (κ3) is 1.04. The van der Waals surface area contributed by atoms with E-state index in [4.69, 9.17) is 0 Å². The van der Waals surface area contributed by atoms with Crippen LogP contribution in [0.15, 0.2) is 24.3 Å². The Labute approximate surface area is 44.5 Å². The first kappa shape index (κ1) is 4.38. The lowest BCUT2D eigenvalue weighted by Gasteiger charge is -2.21. The van der Waals surface area contributed by atoms with Crippen molar-refractivity contribution in [2.75, 3.05) is 0 Å². The molecule has 1 rings (SSSR count). The van der Waals surface area contributed by atoms with Crippen LogP contribution in [0.25, 0.3) is 0 Å². The minimum atomic E-state index is 1.32. The highest BCUT2D eigenvalue weighted by atomic mass is 14.0. The Morgan fingerprint density at radius 2 is 1.86 bits per heavy atom. The summed E-state index contributed by atoms with van der Waals surface area (Å²) < 4.78 is 0. The van der Waals surface area contributed by atoms with Crippen molar-refractivity contribution in [3.63, 3.8) is 0 Å². The second-order valence-electron chi connectivity index (χ2n) is 1.65. The van der Waals surface area contributed by atoms with Gasteiger partial charge in [-0.2, -0.15) is 0 Å². The van der Waals surface area contributed by atoms with Crippen LogP contribution in [-0.4, -0.2) is 0 Å². The van der Waals surface area contributed by atoms with Crippen molar-refractivity contribution in [3.8, 4) is 0 Å². The molecule has 0 aromatic rings. The second kappa shape index (κ2) is 1.78. The zero-order valence-electron chi connectivity index (χ0n) is 4.39. The summed E-state index contributed by atoms with van der Waals surface area (Å²) in [6, 6.07) is 0. The fourth-order valence-electron chi connectivity index (χ4n) is 0.534. The topological polar surface area (TPSA) is 0 Å². The summed E-state index contributed by atoms with van der Waals surface area (Å²) in [6.07, 6.45) is 10.3. The Bertz CT molecular complexity index is 86.6. The van der Waals surface area contributed by atoms with Crippen molar-refractivity contribution in [1.82, 2.24) is 0 Å². The zero-order chi connectivity index (χ0) is 5.11. The van der Waals surface area contributed by atoms with Crippen LogP contribution in [0.3, 0.4) is 0 Å². The minimum absolute atomic E-state index is 1.32. The van der Waals surface area contributed by atoms with E-state index < -0.39 is 0 Å². The molecule has 0 heterocycles. The van der Waals surface area contributed by atoms with Gasteiger partial charge in [-0.25, -0.2) is 0 Å². The third-order valence-corrected chi connectivity index (χ3v) is 0.940. The van der Waals surface area contributed by atoms with Gasteiger partial charge >= 0.3 is 0 Å². The first-order valence-electron chi connectivity index (χ1n) is 2.41. The van der Waals surface area contributed by atoms with E-state index in [1.165, 1.54) is 5.92 Å². The van der Waals surface area contributed by atoms with Crippen LogP contribution in [0, 0.1) is 12.3 Å². The average Bonchev–Trinajstić information content (AvgIpc) is 1.69. The molecule has 0 radical (unpaired) electrons. The molecular formula is C7H8-2. The maximum absolute atomic E-state index is 2.08. The smallest absolute Gasteiger partial charge is 0.108 e. The fraction of sp³-hybridized carbons (Fsp3) is 0.143. The van der Waals surface area contributed by atoms with Crippen LogP contribution in [0.4, 0.5) is 0 Å². The van der Waals surface area contributed by atoms with Gasteiger partial charge in [0.25, 0.3) is 0 Å². The van der Waals surface area contributed by atoms with E-state index >= 15 is 0 Å². The Hall–Kier alpha value is -0.780. The standard InChI is InChI=1S/C7H8/c1-7-5-3-2-4-6-7/h2-6H,1H3/q-2. The highest BCUT2D eigenvalue weighted by molar-refractivity contribution is 5.30. The Morgan fingerprint density at radius 1 is 1.29 bits per heavy atom. The van der Waals surface area contributed by atoms with Gasteiger partial charge < -0.3 is 0 Å². The molecule has 0 aliphatic heterocycles. The van der Waals surface area contributed by atoms with Crippen LogP contribution in [-0.2, 0) is 0 Å². The lowest BCUT2D eigenvalue weighted by atomic mass is 10.1. The molecule has 0 saturated heterocycles. The summed E-state index contributed by atoms with van der Waals surface area (Å²) >= 11 is 0. The van der Waals surface area contributed by atoms with Gasteiger partial charge in [0, 0.05) is 0 Å². The number of rotatable bonds is 0. The van der Waals surface area contributed by atoms with Crippen molar-refractivity contribution in [1.29, 1.82) is 0 Å². The van der Waals surface area contributed by atoms with Crippen molar-refractivity contribution in [3.05, 3.63) is 36.6 Å². The molecule has 0 saturated carbocycles. The number of hydrogen-bond acceptors (Lipinski definition) is 0. The molecule has 0 bridgehead atoms. The lowest BCUT2D eigenvalue weighted by Crippen LogP contribution is -1.82. The minimum Gasteiger partial charge on any atom is -0.281 e. The highest BCUT2D eigenvalue weighted by Crippen LogP contribution is 2.07. The molecule has 1 aliphatic rings. The lowest BCUT2D eigenvalue weighted by molar-refractivity contribution is 1.30. The van der Waals surface area contributed by atoms with Crippen molar-refractivity contribution < 1.29 is 0 Å². The third-order valence-electron chi connectivity index (χ3n) is 0.940. The van der Waals surface area contributed by atoms with E-state index in [9.17, 15) is 0 Å². The van der Waals surface area contributed by atoms with Gasteiger partial charge in [0.2, 0.25) is 0 Å². The van der Waals surface area contributed by atoms with E-state index in [1.807, 2.05) is 18.6 Å². The van der Waals surface area contributed by atoms with Gasteiger partial charge in [-0.15, -0.1) is 6.92 Å². The molecule has 0 atom stereocenters. The molecule has 0 nitrogen and oxygen atoms in total. The monoisotopic (exact) mass is 92.1 g/mol. The van der Waals surface area contributed by atoms with E-state index in [2.05, 4.69) is 19.1 Å². The predicted octanol–water partition coefficient (Wildman–Crippen LogP) is 1.91. The van der Waals surface area contributed by atoms with Gasteiger partial charge in [0.1, 0.15) is 0 Å². The predicted molar refractivity (Wildman–Crippen MR) is 31.5 cm³/mol. The second-order valence-corrected chi connectivity index (χ2v) is 1.65. The van der Waals surface area contributed by atoms with Gasteiger partial charge in [-0.3, -0.25) is 36.6 Å². The SMILES string of the molecule is C[C-]1C=C[CH-]C=C1. The number of hydrogen-bond donors (Lipinski definition) is 0. The van der Waals surface area contributed by atoms with E-state index in [0.29, 0.717) is 0 Å². The van der Waals surface area contributed by atoms with Crippen LogP contribution < -0.4 is 0 Å². The largest absolute Gasteiger partial charge is 0.281 e. The molecule has 38 valence electrons. The van der Waals surface area contributed by atoms with E-state index in [-0.39, 0.29) is 0 Å². The first-order valence-corrected chi connectivity index (χ1v) is 2.41. The quantitative estimate of drug-likeness (QED) is 0.400. The fourth-order valence-corrected chi connectivity index (χ4v) is 0.534. The van der Waals surface area contributed by atoms with Crippen molar-refractivity contribution >= 4 is 0 Å². The highest BCUT2D eigenvalue weighted by Gasteiger charge is 1.69. The molecule has 0 amide bonds. The summed E-state index contributed by atoms with van der Waals surface area (Å²) in [5.74, 6) is 1.32. The molecule has 1 aliphatic carbocycles.